The van der Waals surface area contributed by atoms with Gasteiger partial charge in [-0.3, -0.25) is 9.78 Å². The molecule has 0 fully saturated rings. The van der Waals surface area contributed by atoms with Gasteiger partial charge in [-0.2, -0.15) is 0 Å². The monoisotopic (exact) mass is 580 g/mol. The summed E-state index contributed by atoms with van der Waals surface area (Å²) in [5, 5.41) is 11.9. The van der Waals surface area contributed by atoms with Crippen LogP contribution in [-0.2, 0) is 22.7 Å². The molecule has 0 saturated heterocycles. The summed E-state index contributed by atoms with van der Waals surface area (Å²) >= 11 is 3.02. The lowest BCUT2D eigenvalue weighted by molar-refractivity contribution is -0.124. The molecule has 0 bridgehead atoms. The van der Waals surface area contributed by atoms with E-state index in [0.717, 1.165) is 28.4 Å². The Morgan fingerprint density at radius 1 is 1.03 bits per heavy atom. The highest BCUT2D eigenvalue weighted by Crippen LogP contribution is 2.20. The van der Waals surface area contributed by atoms with Gasteiger partial charge in [0, 0.05) is 36.6 Å². The Morgan fingerprint density at radius 2 is 1.77 bits per heavy atom. The number of nitrogens with one attached hydrogen (secondary N) is 3. The molecule has 4 amide bonds. The van der Waals surface area contributed by atoms with Crippen molar-refractivity contribution >= 4 is 40.7 Å². The van der Waals surface area contributed by atoms with E-state index in [-0.39, 0.29) is 36.5 Å². The first-order valence-electron chi connectivity index (χ1n) is 13.6. The number of amides is 4. The van der Waals surface area contributed by atoms with Gasteiger partial charge < -0.3 is 25.6 Å². The number of hydrogen-bond donors (Lipinski definition) is 3. The minimum atomic E-state index is -0.668. The van der Waals surface area contributed by atoms with Gasteiger partial charge in [0.1, 0.15) is 12.6 Å². The van der Waals surface area contributed by atoms with Crippen molar-refractivity contribution in [3.05, 3.63) is 32.7 Å². The van der Waals surface area contributed by atoms with Gasteiger partial charge in [0.05, 0.1) is 27.6 Å². The molecule has 2 aromatic rings. The van der Waals surface area contributed by atoms with E-state index >= 15 is 0 Å². The van der Waals surface area contributed by atoms with Crippen molar-refractivity contribution in [3.63, 3.8) is 0 Å². The van der Waals surface area contributed by atoms with Crippen LogP contribution < -0.4 is 16.0 Å². The third kappa shape index (κ3) is 11.5. The van der Waals surface area contributed by atoms with Crippen LogP contribution in [0.25, 0.3) is 0 Å². The largest absolute Gasteiger partial charge is 0.444 e. The smallest absolute Gasteiger partial charge is 0.407 e. The van der Waals surface area contributed by atoms with Crippen LogP contribution in [0.4, 0.5) is 9.59 Å². The second kappa shape index (κ2) is 16.4. The van der Waals surface area contributed by atoms with Crippen molar-refractivity contribution in [2.75, 3.05) is 7.05 Å². The summed E-state index contributed by atoms with van der Waals surface area (Å²) in [6.45, 7) is 12.6. The molecule has 3 atom stereocenters. The first-order valence-corrected chi connectivity index (χ1v) is 15.3. The number of hydrogen-bond acceptors (Lipinski definition) is 8. The number of aromatic nitrogens is 2. The highest BCUT2D eigenvalue weighted by molar-refractivity contribution is 7.09. The second-order valence-electron chi connectivity index (χ2n) is 10.5. The first-order chi connectivity index (χ1) is 18.5. The quantitative estimate of drug-likeness (QED) is 0.264. The van der Waals surface area contributed by atoms with E-state index in [2.05, 4.69) is 46.7 Å². The Kier molecular flexibility index (Phi) is 13.7. The molecule has 10 nitrogen and oxygen atoms in total. The van der Waals surface area contributed by atoms with Gasteiger partial charge >= 0.3 is 12.1 Å². The molecular formula is C27H44N6O4S2. The van der Waals surface area contributed by atoms with E-state index in [9.17, 15) is 14.4 Å². The minimum Gasteiger partial charge on any atom is -0.444 e. The Hall–Kier alpha value is -2.73. The van der Waals surface area contributed by atoms with E-state index in [1.54, 1.807) is 35.0 Å². The third-order valence-electron chi connectivity index (χ3n) is 6.16. The third-order valence-corrected chi connectivity index (χ3v) is 8.11. The maximum atomic E-state index is 13.2. The fraction of sp³-hybridized carbons (Fsp3) is 0.667. The number of urea groups is 1. The van der Waals surface area contributed by atoms with Crippen LogP contribution in [0.1, 0.15) is 88.7 Å². The highest BCUT2D eigenvalue weighted by Gasteiger charge is 2.27. The Morgan fingerprint density at radius 3 is 2.36 bits per heavy atom. The summed E-state index contributed by atoms with van der Waals surface area (Å²) in [6, 6.07) is -1.17. The summed E-state index contributed by atoms with van der Waals surface area (Å²) in [5.41, 5.74) is 2.53. The lowest BCUT2D eigenvalue weighted by atomic mass is 10.00. The average molecular weight is 581 g/mol. The molecule has 0 aliphatic rings. The molecule has 0 radical (unpaired) electrons. The number of carbonyl (C=O) groups excluding carboxylic acids is 3. The van der Waals surface area contributed by atoms with Crippen LogP contribution >= 0.6 is 22.7 Å². The van der Waals surface area contributed by atoms with Crippen LogP contribution in [0.3, 0.4) is 0 Å². The van der Waals surface area contributed by atoms with E-state index in [4.69, 9.17) is 4.74 Å². The molecule has 218 valence electrons. The van der Waals surface area contributed by atoms with Crippen LogP contribution in [-0.4, -0.2) is 58.1 Å². The molecule has 0 aromatic carbocycles. The predicted octanol–water partition coefficient (Wildman–Crippen LogP) is 5.27. The van der Waals surface area contributed by atoms with Crippen molar-refractivity contribution in [3.8, 4) is 0 Å². The van der Waals surface area contributed by atoms with Crippen molar-refractivity contribution in [2.24, 2.45) is 5.92 Å². The summed E-state index contributed by atoms with van der Waals surface area (Å²) in [4.78, 5) is 49.2. The maximum absolute atomic E-state index is 13.2. The Balaban J connectivity index is 1.85. The Bertz CT molecular complexity index is 1030. The van der Waals surface area contributed by atoms with Gasteiger partial charge in [-0.15, -0.1) is 22.7 Å². The van der Waals surface area contributed by atoms with Gasteiger partial charge in [-0.25, -0.2) is 14.6 Å². The molecular weight excluding hydrogens is 536 g/mol. The zero-order chi connectivity index (χ0) is 28.9. The van der Waals surface area contributed by atoms with E-state index < -0.39 is 12.1 Å². The zero-order valence-electron chi connectivity index (χ0n) is 24.2. The molecule has 0 aliphatic heterocycles. The number of rotatable bonds is 15. The molecule has 39 heavy (non-hydrogen) atoms. The number of nitrogens with zero attached hydrogens (tertiary/aromatic N) is 3. The fourth-order valence-corrected chi connectivity index (χ4v) is 5.23. The van der Waals surface area contributed by atoms with Gasteiger partial charge in [-0.1, -0.05) is 41.0 Å². The normalized spacial score (nSPS) is 13.6. The molecule has 0 spiro atoms. The Labute approximate surface area is 240 Å². The lowest BCUT2D eigenvalue weighted by Crippen LogP contribution is -2.54. The molecule has 2 aromatic heterocycles. The van der Waals surface area contributed by atoms with Crippen LogP contribution in [0.2, 0.25) is 0 Å². The van der Waals surface area contributed by atoms with Crippen molar-refractivity contribution < 1.29 is 19.1 Å². The van der Waals surface area contributed by atoms with Gasteiger partial charge in [0.2, 0.25) is 5.91 Å². The van der Waals surface area contributed by atoms with E-state index in [0.29, 0.717) is 25.3 Å². The maximum Gasteiger partial charge on any atom is 0.407 e. The molecule has 12 heteroatoms. The molecule has 0 unspecified atom stereocenters. The van der Waals surface area contributed by atoms with Crippen LogP contribution in [0, 0.1) is 5.92 Å². The molecule has 0 aliphatic carbocycles. The molecule has 0 saturated carbocycles. The van der Waals surface area contributed by atoms with Gasteiger partial charge in [0.25, 0.3) is 0 Å². The van der Waals surface area contributed by atoms with E-state index in [1.807, 2.05) is 26.2 Å². The van der Waals surface area contributed by atoms with Crippen LogP contribution in [0.15, 0.2) is 17.1 Å². The van der Waals surface area contributed by atoms with E-state index in [1.165, 1.54) is 11.3 Å². The van der Waals surface area contributed by atoms with Crippen LogP contribution in [0.5, 0.6) is 0 Å². The predicted molar refractivity (Wildman–Crippen MR) is 156 cm³/mol. The molecule has 2 heterocycles. The van der Waals surface area contributed by atoms with Crippen molar-refractivity contribution in [2.45, 2.75) is 104 Å². The van der Waals surface area contributed by atoms with Gasteiger partial charge in [0.15, 0.2) is 0 Å². The molecule has 2 rings (SSSR count). The number of thiazole rings is 2. The van der Waals surface area contributed by atoms with Crippen molar-refractivity contribution in [1.82, 2.24) is 30.8 Å². The average Bonchev–Trinajstić information content (AvgIpc) is 3.56. The first kappa shape index (κ1) is 32.5. The minimum absolute atomic E-state index is 0.0692. The lowest BCUT2D eigenvalue weighted by Gasteiger charge is -2.28. The molecule has 3 N–H and O–H groups in total. The summed E-state index contributed by atoms with van der Waals surface area (Å²) < 4.78 is 5.24. The summed E-state index contributed by atoms with van der Waals surface area (Å²) in [7, 11) is 1.70. The summed E-state index contributed by atoms with van der Waals surface area (Å²) in [6.07, 6.45) is 4.27. The fourth-order valence-electron chi connectivity index (χ4n) is 3.90. The zero-order valence-corrected chi connectivity index (χ0v) is 25.8. The number of ether oxygens (including phenoxy) is 1. The second-order valence-corrected chi connectivity index (χ2v) is 12.4. The number of alkyl carbamates (subject to hydrolysis) is 1. The SMILES string of the molecule is CCC[C@@H](CC[C@H](C)NC(=O)OCc1cncs1)NC(=O)[C@@H](NC(=O)N(C)Cc1csc(C(C)C)n1)C(C)C. The topological polar surface area (TPSA) is 126 Å². The number of carbonyl (C=O) groups is 3. The van der Waals surface area contributed by atoms with Gasteiger partial charge in [-0.05, 0) is 32.1 Å². The van der Waals surface area contributed by atoms with Crippen molar-refractivity contribution in [1.29, 1.82) is 0 Å². The standard InChI is InChI=1S/C27H44N6O4S2/c1-8-9-20(11-10-19(6)29-27(36)37-14-22-12-28-16-39-22)30-24(34)23(17(2)3)32-26(35)33(7)13-21-15-38-25(31-21)18(4)5/h12,15-20,23H,8-11,13-14H2,1-7H3,(H,29,36)(H,30,34)(H,32,35)/t19-,20-,23-/m0/s1. The highest BCUT2D eigenvalue weighted by atomic mass is 32.1. The summed E-state index contributed by atoms with van der Waals surface area (Å²) in [5.74, 6) is 0.0469.